The molecule has 1 aromatic heterocycles. The minimum absolute atomic E-state index is 0.384. The van der Waals surface area contributed by atoms with Gasteiger partial charge in [0.15, 0.2) is 0 Å². The molecule has 1 N–H and O–H groups in total. The van der Waals surface area contributed by atoms with Gasteiger partial charge in [-0.2, -0.15) is 0 Å². The Labute approximate surface area is 94.0 Å². The molecular weight excluding hydrogens is 204 g/mol. The third-order valence-corrected chi connectivity index (χ3v) is 3.42. The van der Waals surface area contributed by atoms with Crippen molar-refractivity contribution in [1.82, 2.24) is 0 Å². The quantitative estimate of drug-likeness (QED) is 0.837. The third kappa shape index (κ3) is 2.46. The van der Waals surface area contributed by atoms with Gasteiger partial charge in [0.2, 0.25) is 0 Å². The highest BCUT2D eigenvalue weighted by molar-refractivity contribution is 7.09. The molecule has 2 rings (SSSR count). The first-order valence-corrected chi connectivity index (χ1v) is 5.91. The van der Waals surface area contributed by atoms with Crippen molar-refractivity contribution in [1.29, 1.82) is 0 Å². The van der Waals surface area contributed by atoms with E-state index in [9.17, 15) is 5.11 Å². The SMILES string of the molecule is Cc1ccccc1C(O)Cc1cccs1. The second-order valence-electron chi connectivity index (χ2n) is 3.66. The fourth-order valence-electron chi connectivity index (χ4n) is 1.69. The fourth-order valence-corrected chi connectivity index (χ4v) is 2.43. The van der Waals surface area contributed by atoms with Crippen molar-refractivity contribution in [2.24, 2.45) is 0 Å². The van der Waals surface area contributed by atoms with E-state index in [-0.39, 0.29) is 6.10 Å². The summed E-state index contributed by atoms with van der Waals surface area (Å²) >= 11 is 1.69. The molecule has 2 aromatic rings. The second kappa shape index (κ2) is 4.60. The Kier molecular flexibility index (Phi) is 3.19. The van der Waals surface area contributed by atoms with Gasteiger partial charge in [0, 0.05) is 11.3 Å². The van der Waals surface area contributed by atoms with Crippen LogP contribution < -0.4 is 0 Å². The number of hydrogen-bond donors (Lipinski definition) is 1. The molecule has 0 bridgehead atoms. The summed E-state index contributed by atoms with van der Waals surface area (Å²) < 4.78 is 0. The Hall–Kier alpha value is -1.12. The minimum atomic E-state index is -0.384. The minimum Gasteiger partial charge on any atom is -0.388 e. The topological polar surface area (TPSA) is 20.2 Å². The average molecular weight is 218 g/mol. The van der Waals surface area contributed by atoms with Gasteiger partial charge in [-0.05, 0) is 29.5 Å². The van der Waals surface area contributed by atoms with Gasteiger partial charge in [-0.3, -0.25) is 0 Å². The van der Waals surface area contributed by atoms with Crippen LogP contribution in [-0.4, -0.2) is 5.11 Å². The lowest BCUT2D eigenvalue weighted by Gasteiger charge is -2.12. The molecule has 1 heterocycles. The highest BCUT2D eigenvalue weighted by Gasteiger charge is 2.10. The zero-order valence-corrected chi connectivity index (χ0v) is 9.50. The molecule has 1 atom stereocenters. The van der Waals surface area contributed by atoms with Gasteiger partial charge < -0.3 is 5.11 Å². The lowest BCUT2D eigenvalue weighted by molar-refractivity contribution is 0.178. The largest absolute Gasteiger partial charge is 0.388 e. The van der Waals surface area contributed by atoms with Crippen LogP contribution in [0.3, 0.4) is 0 Å². The molecule has 0 saturated heterocycles. The summed E-state index contributed by atoms with van der Waals surface area (Å²) in [6.45, 7) is 2.03. The van der Waals surface area contributed by atoms with E-state index in [1.165, 1.54) is 4.88 Å². The van der Waals surface area contributed by atoms with Crippen molar-refractivity contribution in [3.8, 4) is 0 Å². The predicted octanol–water partition coefficient (Wildman–Crippen LogP) is 3.33. The first-order valence-electron chi connectivity index (χ1n) is 5.03. The van der Waals surface area contributed by atoms with Gasteiger partial charge >= 0.3 is 0 Å². The lowest BCUT2D eigenvalue weighted by atomic mass is 10.0. The molecule has 0 radical (unpaired) electrons. The van der Waals surface area contributed by atoms with E-state index in [1.807, 2.05) is 42.6 Å². The molecule has 0 aliphatic heterocycles. The van der Waals surface area contributed by atoms with E-state index in [0.29, 0.717) is 6.42 Å². The Morgan fingerprint density at radius 1 is 1.20 bits per heavy atom. The van der Waals surface area contributed by atoms with Gasteiger partial charge in [-0.25, -0.2) is 0 Å². The summed E-state index contributed by atoms with van der Waals surface area (Å²) in [6, 6.07) is 12.1. The zero-order chi connectivity index (χ0) is 10.7. The van der Waals surface area contributed by atoms with Crippen LogP contribution >= 0.6 is 11.3 Å². The second-order valence-corrected chi connectivity index (χ2v) is 4.69. The highest BCUT2D eigenvalue weighted by atomic mass is 32.1. The van der Waals surface area contributed by atoms with Crippen molar-refractivity contribution in [3.05, 3.63) is 57.8 Å². The maximum atomic E-state index is 10.1. The van der Waals surface area contributed by atoms with E-state index in [4.69, 9.17) is 0 Å². The number of benzene rings is 1. The summed E-state index contributed by atoms with van der Waals surface area (Å²) in [6.07, 6.45) is 0.326. The third-order valence-electron chi connectivity index (χ3n) is 2.52. The Bertz CT molecular complexity index is 420. The first kappa shape index (κ1) is 10.4. The monoisotopic (exact) mass is 218 g/mol. The Morgan fingerprint density at radius 3 is 2.67 bits per heavy atom. The molecule has 0 amide bonds. The molecule has 0 spiro atoms. The standard InChI is InChI=1S/C13H14OS/c1-10-5-2-3-7-12(10)13(14)9-11-6-4-8-15-11/h2-8,13-14H,9H2,1H3. The maximum absolute atomic E-state index is 10.1. The van der Waals surface area contributed by atoms with Gasteiger partial charge in [0.1, 0.15) is 0 Å². The van der Waals surface area contributed by atoms with E-state index in [1.54, 1.807) is 11.3 Å². The number of rotatable bonds is 3. The van der Waals surface area contributed by atoms with E-state index < -0.39 is 0 Å². The number of aryl methyl sites for hydroxylation is 1. The van der Waals surface area contributed by atoms with Crippen molar-refractivity contribution in [2.45, 2.75) is 19.4 Å². The average Bonchev–Trinajstić information content (AvgIpc) is 2.71. The van der Waals surface area contributed by atoms with Gasteiger partial charge in [-0.1, -0.05) is 30.3 Å². The van der Waals surface area contributed by atoms with Crippen LogP contribution in [0.2, 0.25) is 0 Å². The van der Waals surface area contributed by atoms with E-state index in [2.05, 4.69) is 6.07 Å². The molecule has 0 aliphatic rings. The molecule has 2 heteroatoms. The van der Waals surface area contributed by atoms with Crippen molar-refractivity contribution in [3.63, 3.8) is 0 Å². The molecule has 0 aliphatic carbocycles. The molecule has 1 aromatic carbocycles. The maximum Gasteiger partial charge on any atom is 0.0840 e. The van der Waals surface area contributed by atoms with Crippen LogP contribution in [0.25, 0.3) is 0 Å². The van der Waals surface area contributed by atoms with Crippen LogP contribution in [0.15, 0.2) is 41.8 Å². The first-order chi connectivity index (χ1) is 7.27. The van der Waals surface area contributed by atoms with Crippen LogP contribution in [0.4, 0.5) is 0 Å². The molecule has 1 nitrogen and oxygen atoms in total. The predicted molar refractivity (Wildman–Crippen MR) is 64.2 cm³/mol. The molecule has 15 heavy (non-hydrogen) atoms. The summed E-state index contributed by atoms with van der Waals surface area (Å²) in [4.78, 5) is 1.23. The molecule has 78 valence electrons. The summed E-state index contributed by atoms with van der Waals surface area (Å²) in [7, 11) is 0. The van der Waals surface area contributed by atoms with Crippen LogP contribution in [-0.2, 0) is 6.42 Å². The van der Waals surface area contributed by atoms with Gasteiger partial charge in [0.05, 0.1) is 6.10 Å². The summed E-state index contributed by atoms with van der Waals surface area (Å²) in [5, 5.41) is 12.1. The number of hydrogen-bond acceptors (Lipinski definition) is 2. The number of aliphatic hydroxyl groups is 1. The summed E-state index contributed by atoms with van der Waals surface area (Å²) in [5.74, 6) is 0. The van der Waals surface area contributed by atoms with E-state index >= 15 is 0 Å². The van der Waals surface area contributed by atoms with Gasteiger partial charge in [-0.15, -0.1) is 11.3 Å². The zero-order valence-electron chi connectivity index (χ0n) is 8.68. The summed E-state index contributed by atoms with van der Waals surface area (Å²) in [5.41, 5.74) is 2.19. The lowest BCUT2D eigenvalue weighted by Crippen LogP contribution is -2.02. The number of aliphatic hydroxyl groups excluding tert-OH is 1. The molecular formula is C13H14OS. The highest BCUT2D eigenvalue weighted by Crippen LogP contribution is 2.23. The van der Waals surface area contributed by atoms with Crippen molar-refractivity contribution < 1.29 is 5.11 Å². The van der Waals surface area contributed by atoms with Gasteiger partial charge in [0.25, 0.3) is 0 Å². The Morgan fingerprint density at radius 2 is 2.00 bits per heavy atom. The van der Waals surface area contributed by atoms with Crippen LogP contribution in [0.1, 0.15) is 22.1 Å². The van der Waals surface area contributed by atoms with Crippen molar-refractivity contribution >= 4 is 11.3 Å². The van der Waals surface area contributed by atoms with Crippen LogP contribution in [0.5, 0.6) is 0 Å². The fraction of sp³-hybridized carbons (Fsp3) is 0.231. The molecule has 0 saturated carbocycles. The van der Waals surface area contributed by atoms with Crippen LogP contribution in [0, 0.1) is 6.92 Å². The Balaban J connectivity index is 2.15. The molecule has 0 fully saturated rings. The normalized spacial score (nSPS) is 12.7. The van der Waals surface area contributed by atoms with E-state index in [0.717, 1.165) is 11.1 Å². The smallest absolute Gasteiger partial charge is 0.0840 e. The van der Waals surface area contributed by atoms with Crippen molar-refractivity contribution in [2.75, 3.05) is 0 Å². The molecule has 1 unspecified atom stereocenters. The number of thiophene rings is 1.